The van der Waals surface area contributed by atoms with E-state index in [1.54, 1.807) is 17.0 Å². The Hall–Kier alpha value is -3.17. The number of ether oxygens (including phenoxy) is 2. The molecule has 1 saturated heterocycles. The summed E-state index contributed by atoms with van der Waals surface area (Å²) in [5, 5.41) is 0.806. The molecule has 1 amide bonds. The molecule has 0 spiro atoms. The largest absolute Gasteiger partial charge is 0.495 e. The number of benzene rings is 2. The summed E-state index contributed by atoms with van der Waals surface area (Å²) >= 11 is 0. The van der Waals surface area contributed by atoms with Gasteiger partial charge in [-0.05, 0) is 30.3 Å². The maximum absolute atomic E-state index is 13.1. The zero-order chi connectivity index (χ0) is 21.1. The van der Waals surface area contributed by atoms with Crippen LogP contribution >= 0.6 is 0 Å². The molecule has 2 heterocycles. The van der Waals surface area contributed by atoms with Crippen LogP contribution in [-0.2, 0) is 14.8 Å². The van der Waals surface area contributed by atoms with E-state index >= 15 is 0 Å². The zero-order valence-electron chi connectivity index (χ0n) is 16.4. The molecule has 1 aliphatic rings. The van der Waals surface area contributed by atoms with Gasteiger partial charge in [-0.3, -0.25) is 14.5 Å². The van der Waals surface area contributed by atoms with E-state index in [0.717, 1.165) is 10.9 Å². The minimum Gasteiger partial charge on any atom is -0.495 e. The van der Waals surface area contributed by atoms with Crippen molar-refractivity contribution in [2.24, 2.45) is 0 Å². The van der Waals surface area contributed by atoms with E-state index in [4.69, 9.17) is 9.47 Å². The SMILES string of the molecule is COc1ccc(C(=O)N2CCOCC2)cc1S(=O)(=O)Nc1cnc2ccccc2c1. The molecule has 2 aromatic carbocycles. The summed E-state index contributed by atoms with van der Waals surface area (Å²) in [6, 6.07) is 13.5. The highest BCUT2D eigenvalue weighted by Gasteiger charge is 2.25. The fraction of sp³-hybridized carbons (Fsp3) is 0.238. The number of rotatable bonds is 5. The fourth-order valence-electron chi connectivity index (χ4n) is 3.31. The number of hydrogen-bond donors (Lipinski definition) is 1. The minimum atomic E-state index is -4.02. The maximum atomic E-state index is 13.1. The lowest BCUT2D eigenvalue weighted by Gasteiger charge is -2.27. The van der Waals surface area contributed by atoms with E-state index in [0.29, 0.717) is 32.0 Å². The van der Waals surface area contributed by atoms with E-state index < -0.39 is 10.0 Å². The van der Waals surface area contributed by atoms with Crippen LogP contribution in [0.3, 0.4) is 0 Å². The molecule has 0 bridgehead atoms. The fourth-order valence-corrected chi connectivity index (χ4v) is 4.54. The first kappa shape index (κ1) is 20.1. The summed E-state index contributed by atoms with van der Waals surface area (Å²) in [4.78, 5) is 18.6. The van der Waals surface area contributed by atoms with Gasteiger partial charge in [-0.2, -0.15) is 0 Å². The van der Waals surface area contributed by atoms with Crippen LogP contribution in [0.5, 0.6) is 5.75 Å². The van der Waals surface area contributed by atoms with Crippen molar-refractivity contribution in [3.05, 3.63) is 60.3 Å². The van der Waals surface area contributed by atoms with Gasteiger partial charge < -0.3 is 14.4 Å². The highest BCUT2D eigenvalue weighted by atomic mass is 32.2. The van der Waals surface area contributed by atoms with Crippen molar-refractivity contribution in [3.8, 4) is 5.75 Å². The number of para-hydroxylation sites is 1. The number of hydrogen-bond acceptors (Lipinski definition) is 6. The summed E-state index contributed by atoms with van der Waals surface area (Å²) in [6.45, 7) is 1.86. The molecule has 1 fully saturated rings. The number of aromatic nitrogens is 1. The first-order valence-electron chi connectivity index (χ1n) is 9.40. The molecule has 1 aliphatic heterocycles. The summed E-state index contributed by atoms with van der Waals surface area (Å²) in [5.74, 6) is -0.0976. The average Bonchev–Trinajstić information content (AvgIpc) is 2.78. The molecule has 0 aliphatic carbocycles. The first-order chi connectivity index (χ1) is 14.5. The number of morpholine rings is 1. The second-order valence-corrected chi connectivity index (χ2v) is 8.44. The standard InChI is InChI=1S/C21H21N3O5S/c1-28-19-7-6-16(21(25)24-8-10-29-11-9-24)13-20(19)30(26,27)23-17-12-15-4-2-3-5-18(15)22-14-17/h2-7,12-14,23H,8-11H2,1H3. The third-order valence-electron chi connectivity index (χ3n) is 4.84. The van der Waals surface area contributed by atoms with E-state index in [-0.39, 0.29) is 22.1 Å². The van der Waals surface area contributed by atoms with Gasteiger partial charge >= 0.3 is 0 Å². The number of carbonyl (C=O) groups is 1. The Morgan fingerprint density at radius 1 is 1.13 bits per heavy atom. The van der Waals surface area contributed by atoms with Gasteiger partial charge in [0.25, 0.3) is 15.9 Å². The van der Waals surface area contributed by atoms with Gasteiger partial charge in [-0.25, -0.2) is 8.42 Å². The van der Waals surface area contributed by atoms with Gasteiger partial charge in [-0.1, -0.05) is 18.2 Å². The van der Waals surface area contributed by atoms with E-state index in [1.807, 2.05) is 24.3 Å². The average molecular weight is 427 g/mol. The number of fused-ring (bicyclic) bond motifs is 1. The number of sulfonamides is 1. The van der Waals surface area contributed by atoms with Crippen molar-refractivity contribution in [1.29, 1.82) is 0 Å². The van der Waals surface area contributed by atoms with Gasteiger partial charge in [0.05, 0.1) is 37.7 Å². The maximum Gasteiger partial charge on any atom is 0.265 e. The Labute approximate surface area is 174 Å². The molecule has 30 heavy (non-hydrogen) atoms. The molecule has 0 atom stereocenters. The first-order valence-corrected chi connectivity index (χ1v) is 10.9. The van der Waals surface area contributed by atoms with Crippen molar-refractivity contribution < 1.29 is 22.7 Å². The quantitative estimate of drug-likeness (QED) is 0.672. The second kappa shape index (κ2) is 8.29. The Bertz CT molecular complexity index is 1190. The van der Waals surface area contributed by atoms with Crippen molar-refractivity contribution >= 4 is 32.5 Å². The summed E-state index contributed by atoms with van der Waals surface area (Å²) < 4.78 is 39.3. The number of amides is 1. The van der Waals surface area contributed by atoms with Crippen LogP contribution in [0.4, 0.5) is 5.69 Å². The van der Waals surface area contributed by atoms with Crippen molar-refractivity contribution in [3.63, 3.8) is 0 Å². The minimum absolute atomic E-state index is 0.114. The molecule has 0 unspecified atom stereocenters. The Morgan fingerprint density at radius 3 is 2.67 bits per heavy atom. The molecule has 0 radical (unpaired) electrons. The monoisotopic (exact) mass is 427 g/mol. The third-order valence-corrected chi connectivity index (χ3v) is 6.24. The second-order valence-electron chi connectivity index (χ2n) is 6.79. The normalized spacial score (nSPS) is 14.5. The summed E-state index contributed by atoms with van der Waals surface area (Å²) in [7, 11) is -2.64. The van der Waals surface area contributed by atoms with E-state index in [1.165, 1.54) is 25.4 Å². The Morgan fingerprint density at radius 2 is 1.90 bits per heavy atom. The third kappa shape index (κ3) is 4.07. The van der Waals surface area contributed by atoms with Crippen LogP contribution in [0.2, 0.25) is 0 Å². The lowest BCUT2D eigenvalue weighted by atomic mass is 10.2. The number of nitrogens with zero attached hydrogens (tertiary/aromatic N) is 2. The molecule has 8 nitrogen and oxygen atoms in total. The predicted octanol–water partition coefficient (Wildman–Crippen LogP) is 2.52. The molecule has 3 aromatic rings. The lowest BCUT2D eigenvalue weighted by Crippen LogP contribution is -2.40. The van der Waals surface area contributed by atoms with E-state index in [9.17, 15) is 13.2 Å². The molecular weight excluding hydrogens is 406 g/mol. The Balaban J connectivity index is 1.66. The zero-order valence-corrected chi connectivity index (χ0v) is 17.2. The van der Waals surface area contributed by atoms with Gasteiger partial charge in [0, 0.05) is 24.0 Å². The van der Waals surface area contributed by atoms with Crippen LogP contribution in [0.1, 0.15) is 10.4 Å². The van der Waals surface area contributed by atoms with Crippen LogP contribution in [0.15, 0.2) is 59.6 Å². The van der Waals surface area contributed by atoms with Crippen molar-refractivity contribution in [1.82, 2.24) is 9.88 Å². The van der Waals surface area contributed by atoms with Gasteiger partial charge in [0.2, 0.25) is 0 Å². The van der Waals surface area contributed by atoms with Gasteiger partial charge in [0.1, 0.15) is 10.6 Å². The highest BCUT2D eigenvalue weighted by molar-refractivity contribution is 7.92. The van der Waals surface area contributed by atoms with Gasteiger partial charge in [0.15, 0.2) is 0 Å². The van der Waals surface area contributed by atoms with Crippen molar-refractivity contribution in [2.45, 2.75) is 4.90 Å². The lowest BCUT2D eigenvalue weighted by molar-refractivity contribution is 0.0302. The van der Waals surface area contributed by atoms with Crippen molar-refractivity contribution in [2.75, 3.05) is 38.1 Å². The predicted molar refractivity (Wildman–Crippen MR) is 112 cm³/mol. The van der Waals surface area contributed by atoms with E-state index in [2.05, 4.69) is 9.71 Å². The molecule has 156 valence electrons. The topological polar surface area (TPSA) is 97.8 Å². The van der Waals surface area contributed by atoms with Crippen LogP contribution in [-0.4, -0.2) is 57.6 Å². The number of pyridine rings is 1. The number of nitrogens with one attached hydrogen (secondary N) is 1. The molecule has 1 N–H and O–H groups in total. The number of methoxy groups -OCH3 is 1. The number of anilines is 1. The smallest absolute Gasteiger partial charge is 0.265 e. The van der Waals surface area contributed by atoms with Gasteiger partial charge in [-0.15, -0.1) is 0 Å². The Kier molecular flexibility index (Phi) is 5.56. The highest BCUT2D eigenvalue weighted by Crippen LogP contribution is 2.28. The summed E-state index contributed by atoms with van der Waals surface area (Å²) in [6.07, 6.45) is 1.45. The molecular formula is C21H21N3O5S. The van der Waals surface area contributed by atoms with Crippen LogP contribution in [0.25, 0.3) is 10.9 Å². The number of carbonyl (C=O) groups excluding carboxylic acids is 1. The van der Waals surface area contributed by atoms with Crippen LogP contribution in [0, 0.1) is 0 Å². The molecule has 4 rings (SSSR count). The molecule has 0 saturated carbocycles. The summed E-state index contributed by atoms with van der Waals surface area (Å²) in [5.41, 5.74) is 1.35. The van der Waals surface area contributed by atoms with Crippen LogP contribution < -0.4 is 9.46 Å². The molecule has 1 aromatic heterocycles. The molecule has 9 heteroatoms.